The summed E-state index contributed by atoms with van der Waals surface area (Å²) in [4.78, 5) is 2.35. The van der Waals surface area contributed by atoms with Crippen molar-refractivity contribution in [2.75, 3.05) is 19.6 Å². The van der Waals surface area contributed by atoms with E-state index in [1.165, 1.54) is 38.8 Å². The zero-order valence-electron chi connectivity index (χ0n) is 9.24. The predicted octanol–water partition coefficient (Wildman–Crippen LogP) is 2.17. The summed E-state index contributed by atoms with van der Waals surface area (Å²) >= 11 is 5.37. The summed E-state index contributed by atoms with van der Waals surface area (Å²) in [5.41, 5.74) is 0. The van der Waals surface area contributed by atoms with Gasteiger partial charge in [-0.2, -0.15) is 0 Å². The summed E-state index contributed by atoms with van der Waals surface area (Å²) < 4.78 is 0. The van der Waals surface area contributed by atoms with Gasteiger partial charge in [-0.15, -0.1) is 6.58 Å². The van der Waals surface area contributed by atoms with Gasteiger partial charge in [-0.1, -0.05) is 18.9 Å². The summed E-state index contributed by atoms with van der Waals surface area (Å²) in [6.45, 7) is 6.82. The topological polar surface area (TPSA) is 15.3 Å². The number of hydrogen-bond donors (Lipinski definition) is 1. The lowest BCUT2D eigenvalue weighted by molar-refractivity contribution is 0.299. The van der Waals surface area contributed by atoms with E-state index in [1.54, 1.807) is 0 Å². The van der Waals surface area contributed by atoms with Crippen LogP contribution in [0.2, 0.25) is 0 Å². The normalized spacial score (nSPS) is 29.7. The van der Waals surface area contributed by atoms with E-state index in [-0.39, 0.29) is 0 Å². The van der Waals surface area contributed by atoms with Crippen LogP contribution in [0.15, 0.2) is 12.7 Å². The van der Waals surface area contributed by atoms with Crippen LogP contribution in [-0.2, 0) is 0 Å². The molecule has 2 aliphatic rings. The SMILES string of the molecule is C=CCNC(=S)N1CC2CCCCC2C1. The van der Waals surface area contributed by atoms with Crippen molar-refractivity contribution in [1.82, 2.24) is 10.2 Å². The Bertz CT molecular complexity index is 238. The second kappa shape index (κ2) is 4.97. The van der Waals surface area contributed by atoms with E-state index in [0.29, 0.717) is 0 Å². The van der Waals surface area contributed by atoms with Crippen molar-refractivity contribution >= 4 is 17.3 Å². The van der Waals surface area contributed by atoms with E-state index in [0.717, 1.165) is 23.5 Å². The molecule has 1 heterocycles. The molecule has 84 valence electrons. The Morgan fingerprint density at radius 3 is 2.47 bits per heavy atom. The van der Waals surface area contributed by atoms with Crippen LogP contribution in [0.25, 0.3) is 0 Å². The molecule has 2 unspecified atom stereocenters. The average molecular weight is 224 g/mol. The maximum atomic E-state index is 5.37. The van der Waals surface area contributed by atoms with Gasteiger partial charge in [-0.25, -0.2) is 0 Å². The first kappa shape index (κ1) is 10.9. The molecule has 1 N–H and O–H groups in total. The lowest BCUT2D eigenvalue weighted by Crippen LogP contribution is -2.38. The van der Waals surface area contributed by atoms with Crippen LogP contribution in [0.3, 0.4) is 0 Å². The summed E-state index contributed by atoms with van der Waals surface area (Å²) in [6, 6.07) is 0. The molecule has 2 nitrogen and oxygen atoms in total. The fraction of sp³-hybridized carbons (Fsp3) is 0.750. The molecule has 1 saturated carbocycles. The van der Waals surface area contributed by atoms with Gasteiger partial charge in [0.25, 0.3) is 0 Å². The zero-order valence-corrected chi connectivity index (χ0v) is 10.1. The average Bonchev–Trinajstić information content (AvgIpc) is 2.69. The molecule has 3 heteroatoms. The van der Waals surface area contributed by atoms with E-state index in [9.17, 15) is 0 Å². The second-order valence-corrected chi connectivity index (χ2v) is 5.07. The highest BCUT2D eigenvalue weighted by Gasteiger charge is 2.34. The van der Waals surface area contributed by atoms with Gasteiger partial charge >= 0.3 is 0 Å². The Balaban J connectivity index is 1.85. The van der Waals surface area contributed by atoms with Crippen molar-refractivity contribution in [2.45, 2.75) is 25.7 Å². The zero-order chi connectivity index (χ0) is 10.7. The summed E-state index contributed by atoms with van der Waals surface area (Å²) in [7, 11) is 0. The van der Waals surface area contributed by atoms with Crippen LogP contribution in [0.1, 0.15) is 25.7 Å². The van der Waals surface area contributed by atoms with Gasteiger partial charge in [0.1, 0.15) is 0 Å². The molecule has 0 aromatic heterocycles. The largest absolute Gasteiger partial charge is 0.359 e. The first-order valence-corrected chi connectivity index (χ1v) is 6.35. The van der Waals surface area contributed by atoms with Crippen LogP contribution in [0, 0.1) is 11.8 Å². The molecule has 0 aromatic rings. The quantitative estimate of drug-likeness (QED) is 0.571. The number of rotatable bonds is 2. The van der Waals surface area contributed by atoms with Gasteiger partial charge < -0.3 is 10.2 Å². The number of hydrogen-bond acceptors (Lipinski definition) is 1. The highest BCUT2D eigenvalue weighted by atomic mass is 32.1. The Hall–Kier alpha value is -0.570. The molecule has 1 saturated heterocycles. The van der Waals surface area contributed by atoms with Crippen molar-refractivity contribution in [3.8, 4) is 0 Å². The molecule has 0 amide bonds. The van der Waals surface area contributed by atoms with Gasteiger partial charge in [0, 0.05) is 19.6 Å². The lowest BCUT2D eigenvalue weighted by Gasteiger charge is -2.22. The van der Waals surface area contributed by atoms with Crippen LogP contribution >= 0.6 is 12.2 Å². The van der Waals surface area contributed by atoms with E-state index in [2.05, 4.69) is 16.8 Å². The number of thiocarbonyl (C=S) groups is 1. The molecule has 1 aliphatic carbocycles. The van der Waals surface area contributed by atoms with Crippen LogP contribution in [0.4, 0.5) is 0 Å². The van der Waals surface area contributed by atoms with Crippen LogP contribution in [0.5, 0.6) is 0 Å². The fourth-order valence-electron chi connectivity index (χ4n) is 2.84. The third-order valence-electron chi connectivity index (χ3n) is 3.66. The minimum absolute atomic E-state index is 0.782. The molecule has 2 rings (SSSR count). The Labute approximate surface area is 97.7 Å². The van der Waals surface area contributed by atoms with Gasteiger partial charge in [0.05, 0.1) is 0 Å². The number of fused-ring (bicyclic) bond motifs is 1. The van der Waals surface area contributed by atoms with E-state index >= 15 is 0 Å². The maximum Gasteiger partial charge on any atom is 0.169 e. The van der Waals surface area contributed by atoms with E-state index in [4.69, 9.17) is 12.2 Å². The summed E-state index contributed by atoms with van der Waals surface area (Å²) in [6.07, 6.45) is 7.51. The van der Waals surface area contributed by atoms with Gasteiger partial charge in [-0.05, 0) is 36.9 Å². The monoisotopic (exact) mass is 224 g/mol. The first-order chi connectivity index (χ1) is 7.31. The molecule has 0 aromatic carbocycles. The molecule has 2 fully saturated rings. The molecule has 1 aliphatic heterocycles. The van der Waals surface area contributed by atoms with Crippen molar-refractivity contribution in [3.05, 3.63) is 12.7 Å². The van der Waals surface area contributed by atoms with Gasteiger partial charge in [0.2, 0.25) is 0 Å². The summed E-state index contributed by atoms with van der Waals surface area (Å²) in [5.74, 6) is 1.81. The van der Waals surface area contributed by atoms with E-state index in [1.807, 2.05) is 6.08 Å². The molecule has 0 bridgehead atoms. The standard InChI is InChI=1S/C12H20N2S/c1-2-7-13-12(15)14-8-10-5-3-4-6-11(10)9-14/h2,10-11H,1,3-9H2,(H,13,15). The second-order valence-electron chi connectivity index (χ2n) is 4.68. The number of nitrogens with zero attached hydrogens (tertiary/aromatic N) is 1. The van der Waals surface area contributed by atoms with Crippen molar-refractivity contribution in [2.24, 2.45) is 11.8 Å². The van der Waals surface area contributed by atoms with Crippen LogP contribution < -0.4 is 5.32 Å². The maximum absolute atomic E-state index is 5.37. The van der Waals surface area contributed by atoms with Gasteiger partial charge in [0.15, 0.2) is 5.11 Å². The predicted molar refractivity (Wildman–Crippen MR) is 67.8 cm³/mol. The minimum Gasteiger partial charge on any atom is -0.359 e. The fourth-order valence-corrected chi connectivity index (χ4v) is 3.08. The van der Waals surface area contributed by atoms with Crippen molar-refractivity contribution < 1.29 is 0 Å². The molecular weight excluding hydrogens is 204 g/mol. The van der Waals surface area contributed by atoms with Crippen molar-refractivity contribution in [1.29, 1.82) is 0 Å². The third kappa shape index (κ3) is 2.51. The Morgan fingerprint density at radius 2 is 1.93 bits per heavy atom. The highest BCUT2D eigenvalue weighted by molar-refractivity contribution is 7.80. The number of nitrogens with one attached hydrogen (secondary N) is 1. The Morgan fingerprint density at radius 1 is 1.33 bits per heavy atom. The molecule has 15 heavy (non-hydrogen) atoms. The third-order valence-corrected chi connectivity index (χ3v) is 4.06. The van der Waals surface area contributed by atoms with E-state index < -0.39 is 0 Å². The lowest BCUT2D eigenvalue weighted by atomic mass is 9.82. The highest BCUT2D eigenvalue weighted by Crippen LogP contribution is 2.35. The molecule has 0 radical (unpaired) electrons. The van der Waals surface area contributed by atoms with Gasteiger partial charge in [-0.3, -0.25) is 0 Å². The summed E-state index contributed by atoms with van der Waals surface area (Å²) in [5, 5.41) is 4.14. The Kier molecular flexibility index (Phi) is 3.62. The van der Waals surface area contributed by atoms with Crippen molar-refractivity contribution in [3.63, 3.8) is 0 Å². The smallest absolute Gasteiger partial charge is 0.169 e. The first-order valence-electron chi connectivity index (χ1n) is 5.95. The minimum atomic E-state index is 0.782. The number of likely N-dealkylation sites (tertiary alicyclic amines) is 1. The molecule has 0 spiro atoms. The molecule has 2 atom stereocenters. The van der Waals surface area contributed by atoms with Crippen LogP contribution in [-0.4, -0.2) is 29.6 Å². The molecular formula is C12H20N2S.